The minimum atomic E-state index is -4.02. The van der Waals surface area contributed by atoms with E-state index in [0.717, 1.165) is 36.4 Å². The fourth-order valence-corrected chi connectivity index (χ4v) is 6.97. The molecule has 3 aromatic carbocycles. The van der Waals surface area contributed by atoms with Gasteiger partial charge >= 0.3 is 11.9 Å². The molecule has 0 bridgehead atoms. The summed E-state index contributed by atoms with van der Waals surface area (Å²) in [6.07, 6.45) is 0.941. The number of rotatable bonds is 8. The Bertz CT molecular complexity index is 1470. The van der Waals surface area contributed by atoms with Crippen LogP contribution in [0.25, 0.3) is 0 Å². The Balaban J connectivity index is 1.78. The summed E-state index contributed by atoms with van der Waals surface area (Å²) in [7, 11) is -2.74. The van der Waals surface area contributed by atoms with Gasteiger partial charge in [-0.3, -0.25) is 9.69 Å². The van der Waals surface area contributed by atoms with Crippen LogP contribution < -0.4 is 0 Å². The number of carbonyl (C=O) groups is 2. The molecule has 7 nitrogen and oxygen atoms in total. The van der Waals surface area contributed by atoms with Crippen molar-refractivity contribution in [1.29, 1.82) is 0 Å². The standard InChI is InChI=1S/C28H26ClF2NO6S/c1-17(33)38-28(26(39(3,35)36)21-12-23(30)14-24(31)13-21)15-32(16-28)25(19-8-10-22(29)11-9-19)18-4-6-20(7-5-18)27(34)37-2/h4-14,25-26H,15-16H2,1-3H3/t25?,26-/m1/s1. The summed E-state index contributed by atoms with van der Waals surface area (Å²) in [5, 5.41) is -1.01. The summed E-state index contributed by atoms with van der Waals surface area (Å²) in [5.74, 6) is -3.12. The summed E-state index contributed by atoms with van der Waals surface area (Å²) < 4.78 is 64.8. The van der Waals surface area contributed by atoms with Crippen LogP contribution in [0.15, 0.2) is 66.7 Å². The SMILES string of the molecule is COC(=O)c1ccc(C(c2ccc(Cl)cc2)N2CC(OC(C)=O)([C@@H](c3cc(F)cc(F)c3)S(C)(=O)=O)C2)cc1. The van der Waals surface area contributed by atoms with E-state index in [2.05, 4.69) is 0 Å². The Morgan fingerprint density at radius 1 is 0.923 bits per heavy atom. The molecule has 1 saturated heterocycles. The van der Waals surface area contributed by atoms with Crippen LogP contribution in [0, 0.1) is 11.6 Å². The minimum absolute atomic E-state index is 0.0610. The van der Waals surface area contributed by atoms with Crippen LogP contribution in [-0.4, -0.2) is 57.3 Å². The molecule has 11 heteroatoms. The van der Waals surface area contributed by atoms with Crippen molar-refractivity contribution in [3.63, 3.8) is 0 Å². The second-order valence-electron chi connectivity index (χ2n) is 9.54. The zero-order chi connectivity index (χ0) is 28.5. The average Bonchev–Trinajstić information content (AvgIpc) is 2.82. The Morgan fingerprint density at radius 3 is 1.90 bits per heavy atom. The molecule has 1 aliphatic rings. The lowest BCUT2D eigenvalue weighted by Gasteiger charge is -2.54. The molecule has 3 aromatic rings. The van der Waals surface area contributed by atoms with Gasteiger partial charge in [0.1, 0.15) is 16.9 Å². The largest absolute Gasteiger partial charge is 0.465 e. The first kappa shape index (κ1) is 28.7. The van der Waals surface area contributed by atoms with Crippen molar-refractivity contribution in [2.45, 2.75) is 23.8 Å². The molecule has 0 amide bonds. The Labute approximate surface area is 230 Å². The highest BCUT2D eigenvalue weighted by Crippen LogP contribution is 2.47. The van der Waals surface area contributed by atoms with Crippen LogP contribution in [0.2, 0.25) is 5.02 Å². The Morgan fingerprint density at radius 2 is 1.44 bits per heavy atom. The molecule has 39 heavy (non-hydrogen) atoms. The molecule has 1 fully saturated rings. The summed E-state index contributed by atoms with van der Waals surface area (Å²) in [6, 6.07) is 15.8. The van der Waals surface area contributed by atoms with Crippen LogP contribution in [0.4, 0.5) is 8.78 Å². The van der Waals surface area contributed by atoms with Crippen LogP contribution in [0.5, 0.6) is 0 Å². The van der Waals surface area contributed by atoms with E-state index in [-0.39, 0.29) is 18.7 Å². The number of hydrogen-bond acceptors (Lipinski definition) is 7. The molecule has 1 unspecified atom stereocenters. The molecule has 0 aliphatic carbocycles. The molecular weight excluding hydrogens is 552 g/mol. The average molecular weight is 578 g/mol. The number of methoxy groups -OCH3 is 1. The highest BCUT2D eigenvalue weighted by Gasteiger charge is 2.58. The first-order valence-electron chi connectivity index (χ1n) is 11.9. The summed E-state index contributed by atoms with van der Waals surface area (Å²) in [5.41, 5.74) is 0.139. The monoisotopic (exact) mass is 577 g/mol. The van der Waals surface area contributed by atoms with Crippen molar-refractivity contribution in [2.75, 3.05) is 26.5 Å². The van der Waals surface area contributed by atoms with Gasteiger partial charge in [0.05, 0.1) is 18.7 Å². The number of likely N-dealkylation sites (tertiary alicyclic amines) is 1. The van der Waals surface area contributed by atoms with E-state index in [4.69, 9.17) is 21.1 Å². The summed E-state index contributed by atoms with van der Waals surface area (Å²) in [4.78, 5) is 26.0. The molecule has 4 rings (SSSR count). The Hall–Kier alpha value is -3.34. The number of nitrogens with zero attached hydrogens (tertiary/aromatic N) is 1. The third-order valence-electron chi connectivity index (χ3n) is 6.58. The predicted molar refractivity (Wildman–Crippen MR) is 141 cm³/mol. The maximum absolute atomic E-state index is 14.1. The van der Waals surface area contributed by atoms with Gasteiger partial charge in [-0.05, 0) is 53.1 Å². The van der Waals surface area contributed by atoms with Gasteiger partial charge in [0.2, 0.25) is 0 Å². The van der Waals surface area contributed by atoms with E-state index in [1.807, 2.05) is 17.0 Å². The highest BCUT2D eigenvalue weighted by atomic mass is 35.5. The van der Waals surface area contributed by atoms with Crippen LogP contribution in [0.1, 0.15) is 45.3 Å². The van der Waals surface area contributed by atoms with E-state index >= 15 is 0 Å². The van der Waals surface area contributed by atoms with E-state index in [0.29, 0.717) is 16.7 Å². The molecule has 0 radical (unpaired) electrons. The number of esters is 2. The number of sulfone groups is 1. The maximum Gasteiger partial charge on any atom is 0.337 e. The van der Waals surface area contributed by atoms with Gasteiger partial charge in [-0.25, -0.2) is 22.0 Å². The van der Waals surface area contributed by atoms with Crippen LogP contribution in [0.3, 0.4) is 0 Å². The van der Waals surface area contributed by atoms with Gasteiger partial charge in [-0.1, -0.05) is 35.9 Å². The molecule has 0 saturated carbocycles. The molecule has 206 valence electrons. The molecule has 2 atom stereocenters. The topological polar surface area (TPSA) is 90.0 Å². The number of benzene rings is 3. The van der Waals surface area contributed by atoms with E-state index in [9.17, 15) is 26.8 Å². The highest BCUT2D eigenvalue weighted by molar-refractivity contribution is 7.91. The summed E-state index contributed by atoms with van der Waals surface area (Å²) in [6.45, 7) is 1.03. The third kappa shape index (κ3) is 6.13. The lowest BCUT2D eigenvalue weighted by Crippen LogP contribution is -2.68. The molecule has 1 aliphatic heterocycles. The van der Waals surface area contributed by atoms with E-state index < -0.39 is 50.3 Å². The fourth-order valence-electron chi connectivity index (χ4n) is 5.24. The zero-order valence-electron chi connectivity index (χ0n) is 21.4. The molecule has 0 aromatic heterocycles. The number of carbonyl (C=O) groups excluding carboxylic acids is 2. The van der Waals surface area contributed by atoms with Gasteiger partial charge in [0.25, 0.3) is 0 Å². The minimum Gasteiger partial charge on any atom is -0.465 e. The van der Waals surface area contributed by atoms with Crippen molar-refractivity contribution in [2.24, 2.45) is 0 Å². The van der Waals surface area contributed by atoms with Gasteiger partial charge < -0.3 is 9.47 Å². The van der Waals surface area contributed by atoms with Crippen LogP contribution in [-0.2, 0) is 24.1 Å². The summed E-state index contributed by atoms with van der Waals surface area (Å²) >= 11 is 6.10. The Kier molecular flexibility index (Phi) is 8.11. The quantitative estimate of drug-likeness (QED) is 0.352. The lowest BCUT2D eigenvalue weighted by atomic mass is 9.82. The van der Waals surface area contributed by atoms with Crippen molar-refractivity contribution in [3.05, 3.63) is 106 Å². The third-order valence-corrected chi connectivity index (χ3v) is 8.39. The van der Waals surface area contributed by atoms with Gasteiger partial charge in [0.15, 0.2) is 15.4 Å². The number of hydrogen-bond donors (Lipinski definition) is 0. The molecule has 0 N–H and O–H groups in total. The van der Waals surface area contributed by atoms with Crippen molar-refractivity contribution < 1.29 is 36.3 Å². The number of ether oxygens (including phenoxy) is 2. The fraction of sp³-hybridized carbons (Fsp3) is 0.286. The lowest BCUT2D eigenvalue weighted by molar-refractivity contribution is -0.182. The smallest absolute Gasteiger partial charge is 0.337 e. The molecular formula is C28H26ClF2NO6S. The first-order chi connectivity index (χ1) is 18.3. The predicted octanol–water partition coefficient (Wildman–Crippen LogP) is 4.90. The van der Waals surface area contributed by atoms with Crippen LogP contribution >= 0.6 is 11.6 Å². The zero-order valence-corrected chi connectivity index (χ0v) is 22.9. The van der Waals surface area contributed by atoms with Crippen molar-refractivity contribution in [1.82, 2.24) is 4.90 Å². The van der Waals surface area contributed by atoms with Gasteiger partial charge in [-0.15, -0.1) is 0 Å². The van der Waals surface area contributed by atoms with Crippen molar-refractivity contribution >= 4 is 33.4 Å². The number of halogens is 3. The molecule has 0 spiro atoms. The normalized spacial score (nSPS) is 16.6. The second kappa shape index (κ2) is 11.0. The molecule has 1 heterocycles. The van der Waals surface area contributed by atoms with Gasteiger partial charge in [0, 0.05) is 37.4 Å². The maximum atomic E-state index is 14.1. The van der Waals surface area contributed by atoms with E-state index in [1.54, 1.807) is 36.4 Å². The van der Waals surface area contributed by atoms with Crippen molar-refractivity contribution in [3.8, 4) is 0 Å². The first-order valence-corrected chi connectivity index (χ1v) is 14.2. The van der Waals surface area contributed by atoms with E-state index in [1.165, 1.54) is 7.11 Å². The van der Waals surface area contributed by atoms with Gasteiger partial charge in [-0.2, -0.15) is 0 Å². The second-order valence-corrected chi connectivity index (χ2v) is 12.1.